The third-order valence-corrected chi connectivity index (χ3v) is 2.74. The molecule has 0 radical (unpaired) electrons. The van der Waals surface area contributed by atoms with E-state index in [4.69, 9.17) is 9.47 Å². The van der Waals surface area contributed by atoms with Crippen LogP contribution in [0.25, 0.3) is 0 Å². The molecule has 3 nitrogen and oxygen atoms in total. The van der Waals surface area contributed by atoms with Crippen molar-refractivity contribution in [3.8, 4) is 5.75 Å². The van der Waals surface area contributed by atoms with Crippen LogP contribution in [0.3, 0.4) is 0 Å². The molecule has 0 heterocycles. The van der Waals surface area contributed by atoms with Crippen molar-refractivity contribution in [2.45, 2.75) is 33.1 Å². The summed E-state index contributed by atoms with van der Waals surface area (Å²) in [6, 6.07) is 5.86. The van der Waals surface area contributed by atoms with Gasteiger partial charge in [-0.3, -0.25) is 4.79 Å². The van der Waals surface area contributed by atoms with E-state index in [1.165, 1.54) is 0 Å². The lowest BCUT2D eigenvalue weighted by atomic mass is 9.94. The number of methoxy groups -OCH3 is 1. The highest BCUT2D eigenvalue weighted by Gasteiger charge is 2.23. The Balaban J connectivity index is 3.09. The van der Waals surface area contributed by atoms with E-state index in [9.17, 15) is 4.79 Å². The minimum Gasteiger partial charge on any atom is -0.496 e. The van der Waals surface area contributed by atoms with Crippen LogP contribution in [0.4, 0.5) is 0 Å². The second-order valence-corrected chi connectivity index (χ2v) is 3.96. The van der Waals surface area contributed by atoms with Gasteiger partial charge in [-0.25, -0.2) is 0 Å². The SMILES string of the molecule is CCOC(=O)C(CC)c1cc(C)ccc1OC. The van der Waals surface area contributed by atoms with Gasteiger partial charge in [0.05, 0.1) is 19.6 Å². The zero-order valence-electron chi connectivity index (χ0n) is 10.9. The molecule has 94 valence electrons. The fourth-order valence-electron chi connectivity index (χ4n) is 1.88. The van der Waals surface area contributed by atoms with Gasteiger partial charge < -0.3 is 9.47 Å². The number of esters is 1. The molecule has 0 aromatic heterocycles. The minimum absolute atomic E-state index is 0.182. The van der Waals surface area contributed by atoms with Crippen LogP contribution in [0, 0.1) is 6.92 Å². The maximum Gasteiger partial charge on any atom is 0.313 e. The summed E-state index contributed by atoms with van der Waals surface area (Å²) in [5.41, 5.74) is 2.02. The Bertz CT molecular complexity index is 385. The number of carbonyl (C=O) groups excluding carboxylic acids is 1. The third kappa shape index (κ3) is 3.22. The fourth-order valence-corrected chi connectivity index (χ4v) is 1.88. The van der Waals surface area contributed by atoms with Gasteiger partial charge in [0.25, 0.3) is 0 Å². The summed E-state index contributed by atoms with van der Waals surface area (Å²) in [4.78, 5) is 11.9. The van der Waals surface area contributed by atoms with Gasteiger partial charge in [-0.15, -0.1) is 0 Å². The molecule has 0 fully saturated rings. The molecule has 0 amide bonds. The first-order chi connectivity index (χ1) is 8.13. The van der Waals surface area contributed by atoms with Gasteiger partial charge in [0, 0.05) is 5.56 Å². The third-order valence-electron chi connectivity index (χ3n) is 2.74. The first-order valence-corrected chi connectivity index (χ1v) is 5.95. The summed E-state index contributed by atoms with van der Waals surface area (Å²) in [5.74, 6) is 0.319. The predicted octanol–water partition coefficient (Wildman–Crippen LogP) is 3.06. The zero-order valence-corrected chi connectivity index (χ0v) is 10.9. The molecular weight excluding hydrogens is 216 g/mol. The number of hydrogen-bond donors (Lipinski definition) is 0. The normalized spacial score (nSPS) is 12.0. The standard InChI is InChI=1S/C14H20O3/c1-5-11(14(15)17-6-2)12-9-10(3)7-8-13(12)16-4/h7-9,11H,5-6H2,1-4H3. The molecule has 0 aliphatic rings. The Labute approximate surface area is 103 Å². The number of rotatable bonds is 5. The predicted molar refractivity (Wildman–Crippen MR) is 67.4 cm³/mol. The highest BCUT2D eigenvalue weighted by Crippen LogP contribution is 2.30. The number of carbonyl (C=O) groups is 1. The van der Waals surface area contributed by atoms with Crippen LogP contribution in [0.1, 0.15) is 37.3 Å². The van der Waals surface area contributed by atoms with E-state index in [-0.39, 0.29) is 11.9 Å². The average Bonchev–Trinajstić information content (AvgIpc) is 2.31. The van der Waals surface area contributed by atoms with Gasteiger partial charge in [0.2, 0.25) is 0 Å². The van der Waals surface area contributed by atoms with Crippen LogP contribution in [0.15, 0.2) is 18.2 Å². The van der Waals surface area contributed by atoms with Crippen molar-refractivity contribution in [1.82, 2.24) is 0 Å². The smallest absolute Gasteiger partial charge is 0.313 e. The van der Waals surface area contributed by atoms with Crippen molar-refractivity contribution in [1.29, 1.82) is 0 Å². The molecule has 0 spiro atoms. The van der Waals surface area contributed by atoms with Gasteiger partial charge in [-0.1, -0.05) is 24.6 Å². The molecule has 0 saturated heterocycles. The van der Waals surface area contributed by atoms with Gasteiger partial charge in [-0.05, 0) is 26.3 Å². The first-order valence-electron chi connectivity index (χ1n) is 5.95. The van der Waals surface area contributed by atoms with E-state index in [0.717, 1.165) is 16.9 Å². The molecule has 1 aromatic carbocycles. The lowest BCUT2D eigenvalue weighted by Crippen LogP contribution is -2.16. The maximum absolute atomic E-state index is 11.9. The van der Waals surface area contributed by atoms with Gasteiger partial charge in [-0.2, -0.15) is 0 Å². The second-order valence-electron chi connectivity index (χ2n) is 3.96. The summed E-state index contributed by atoms with van der Waals surface area (Å²) < 4.78 is 10.4. The molecule has 0 N–H and O–H groups in total. The highest BCUT2D eigenvalue weighted by molar-refractivity contribution is 5.79. The number of benzene rings is 1. The molecule has 1 atom stereocenters. The molecule has 1 aromatic rings. The van der Waals surface area contributed by atoms with E-state index < -0.39 is 0 Å². The van der Waals surface area contributed by atoms with Crippen molar-refractivity contribution < 1.29 is 14.3 Å². The highest BCUT2D eigenvalue weighted by atomic mass is 16.5. The molecule has 3 heteroatoms. The van der Waals surface area contributed by atoms with E-state index in [1.54, 1.807) is 7.11 Å². The molecular formula is C14H20O3. The quantitative estimate of drug-likeness (QED) is 0.737. The first kappa shape index (κ1) is 13.6. The molecule has 17 heavy (non-hydrogen) atoms. The Morgan fingerprint density at radius 3 is 2.59 bits per heavy atom. The van der Waals surface area contributed by atoms with Gasteiger partial charge >= 0.3 is 5.97 Å². The summed E-state index contributed by atoms with van der Waals surface area (Å²) >= 11 is 0. The molecule has 0 bridgehead atoms. The maximum atomic E-state index is 11.9. The van der Waals surface area contributed by atoms with Crippen molar-refractivity contribution in [2.75, 3.05) is 13.7 Å². The van der Waals surface area contributed by atoms with Crippen LogP contribution in [0.5, 0.6) is 5.75 Å². The number of hydrogen-bond acceptors (Lipinski definition) is 3. The summed E-state index contributed by atoms with van der Waals surface area (Å²) in [7, 11) is 1.62. The van der Waals surface area contributed by atoms with Crippen LogP contribution in [0.2, 0.25) is 0 Å². The van der Waals surface area contributed by atoms with Crippen molar-refractivity contribution in [3.05, 3.63) is 29.3 Å². The monoisotopic (exact) mass is 236 g/mol. The molecule has 0 aliphatic heterocycles. The van der Waals surface area contributed by atoms with Crippen molar-refractivity contribution >= 4 is 5.97 Å². The molecule has 1 unspecified atom stereocenters. The second kappa shape index (κ2) is 6.28. The Morgan fingerprint density at radius 1 is 1.35 bits per heavy atom. The lowest BCUT2D eigenvalue weighted by molar-refractivity contribution is -0.145. The Hall–Kier alpha value is -1.51. The van der Waals surface area contributed by atoms with E-state index in [1.807, 2.05) is 39.0 Å². The van der Waals surface area contributed by atoms with Gasteiger partial charge in [0.15, 0.2) is 0 Å². The number of aryl methyl sites for hydroxylation is 1. The lowest BCUT2D eigenvalue weighted by Gasteiger charge is -2.17. The summed E-state index contributed by atoms with van der Waals surface area (Å²) in [6.07, 6.45) is 0.707. The fraction of sp³-hybridized carbons (Fsp3) is 0.500. The van der Waals surface area contributed by atoms with E-state index in [0.29, 0.717) is 13.0 Å². The van der Waals surface area contributed by atoms with Crippen LogP contribution in [-0.4, -0.2) is 19.7 Å². The molecule has 0 aliphatic carbocycles. The van der Waals surface area contributed by atoms with Crippen molar-refractivity contribution in [3.63, 3.8) is 0 Å². The van der Waals surface area contributed by atoms with Gasteiger partial charge in [0.1, 0.15) is 5.75 Å². The summed E-state index contributed by atoms with van der Waals surface area (Å²) in [6.45, 7) is 6.20. The Morgan fingerprint density at radius 2 is 2.06 bits per heavy atom. The van der Waals surface area contributed by atoms with E-state index >= 15 is 0 Å². The van der Waals surface area contributed by atoms with Crippen LogP contribution < -0.4 is 4.74 Å². The van der Waals surface area contributed by atoms with Crippen LogP contribution >= 0.6 is 0 Å². The largest absolute Gasteiger partial charge is 0.496 e. The Kier molecular flexibility index (Phi) is 5.01. The molecule has 0 saturated carbocycles. The average molecular weight is 236 g/mol. The van der Waals surface area contributed by atoms with Crippen molar-refractivity contribution in [2.24, 2.45) is 0 Å². The molecule has 1 rings (SSSR count). The minimum atomic E-state index is -0.246. The topological polar surface area (TPSA) is 35.5 Å². The zero-order chi connectivity index (χ0) is 12.8. The van der Waals surface area contributed by atoms with E-state index in [2.05, 4.69) is 0 Å². The van der Waals surface area contributed by atoms with Crippen LogP contribution in [-0.2, 0) is 9.53 Å². The summed E-state index contributed by atoms with van der Waals surface area (Å²) in [5, 5.41) is 0. The number of ether oxygens (including phenoxy) is 2.